The quantitative estimate of drug-likeness (QED) is 0.399. The summed E-state index contributed by atoms with van der Waals surface area (Å²) in [5.74, 6) is 0.325. The summed E-state index contributed by atoms with van der Waals surface area (Å²) in [6, 6.07) is 24.8. The van der Waals surface area contributed by atoms with Crippen molar-refractivity contribution in [3.8, 4) is 16.9 Å². The zero-order valence-electron chi connectivity index (χ0n) is 15.1. The molecule has 27 heavy (non-hydrogen) atoms. The Labute approximate surface area is 158 Å². The first-order chi connectivity index (χ1) is 13.1. The van der Waals surface area contributed by atoms with Gasteiger partial charge < -0.3 is 10.5 Å². The van der Waals surface area contributed by atoms with Crippen LogP contribution in [0, 0.1) is 0 Å². The number of carbonyl (C=O) groups excluding carboxylic acids is 1. The van der Waals surface area contributed by atoms with Crippen molar-refractivity contribution in [2.45, 2.75) is 6.92 Å². The number of ether oxygens (including phenoxy) is 1. The van der Waals surface area contributed by atoms with E-state index < -0.39 is 0 Å². The molecular weight excluding hydrogens is 338 g/mol. The third-order valence-corrected chi connectivity index (χ3v) is 4.01. The largest absolute Gasteiger partial charge is 0.483 e. The van der Waals surface area contributed by atoms with Crippen molar-refractivity contribution in [1.82, 2.24) is 5.43 Å². The van der Waals surface area contributed by atoms with Gasteiger partial charge in [0.2, 0.25) is 0 Å². The van der Waals surface area contributed by atoms with Crippen LogP contribution >= 0.6 is 0 Å². The number of rotatable bonds is 6. The molecule has 0 heterocycles. The molecule has 0 aromatic heterocycles. The van der Waals surface area contributed by atoms with Gasteiger partial charge >= 0.3 is 0 Å². The highest BCUT2D eigenvalue weighted by molar-refractivity contribution is 5.99. The van der Waals surface area contributed by atoms with E-state index in [2.05, 4.69) is 10.5 Å². The normalized spacial score (nSPS) is 11.1. The first-order valence-electron chi connectivity index (χ1n) is 8.60. The van der Waals surface area contributed by atoms with Crippen molar-refractivity contribution in [3.63, 3.8) is 0 Å². The van der Waals surface area contributed by atoms with Crippen molar-refractivity contribution in [1.29, 1.82) is 0 Å². The van der Waals surface area contributed by atoms with Gasteiger partial charge in [-0.15, -0.1) is 0 Å². The van der Waals surface area contributed by atoms with Crippen molar-refractivity contribution in [3.05, 3.63) is 84.4 Å². The number of benzene rings is 3. The van der Waals surface area contributed by atoms with Crippen LogP contribution in [0.2, 0.25) is 0 Å². The van der Waals surface area contributed by atoms with E-state index in [1.54, 1.807) is 12.1 Å². The molecule has 0 aliphatic heterocycles. The van der Waals surface area contributed by atoms with Crippen LogP contribution in [0.4, 0.5) is 5.69 Å². The number of hydrogen-bond donors (Lipinski definition) is 2. The molecular formula is C22H21N3O2. The van der Waals surface area contributed by atoms with E-state index in [9.17, 15) is 4.79 Å². The summed E-state index contributed by atoms with van der Waals surface area (Å²) >= 11 is 0. The molecule has 3 aromatic carbocycles. The molecule has 0 saturated carbocycles. The lowest BCUT2D eigenvalue weighted by Gasteiger charge is -2.11. The number of carbonyl (C=O) groups is 1. The fraction of sp³-hybridized carbons (Fsp3) is 0.0909. The maximum atomic E-state index is 12.1. The molecule has 1 amide bonds. The van der Waals surface area contributed by atoms with Crippen LogP contribution in [0.5, 0.6) is 5.75 Å². The second-order valence-corrected chi connectivity index (χ2v) is 6.01. The van der Waals surface area contributed by atoms with Gasteiger partial charge in [0.1, 0.15) is 5.75 Å². The standard InChI is InChI=1S/C22H21N3O2/c1-16(17-11-13-19(23)14-12-17)24-25-22(26)15-27-21-10-6-5-9-20(21)18-7-3-2-4-8-18/h2-14H,15,23H2,1H3,(H,25,26)/b24-16-. The lowest BCUT2D eigenvalue weighted by molar-refractivity contribution is -0.123. The third-order valence-electron chi connectivity index (χ3n) is 4.01. The van der Waals surface area contributed by atoms with Crippen LogP contribution < -0.4 is 15.9 Å². The molecule has 5 nitrogen and oxygen atoms in total. The Morgan fingerprint density at radius 3 is 2.37 bits per heavy atom. The van der Waals surface area contributed by atoms with Gasteiger partial charge in [-0.25, -0.2) is 5.43 Å². The third kappa shape index (κ3) is 4.95. The zero-order chi connectivity index (χ0) is 19.1. The maximum Gasteiger partial charge on any atom is 0.277 e. The molecule has 0 atom stereocenters. The van der Waals surface area contributed by atoms with Crippen LogP contribution in [0.25, 0.3) is 11.1 Å². The number of anilines is 1. The van der Waals surface area contributed by atoms with E-state index in [-0.39, 0.29) is 12.5 Å². The van der Waals surface area contributed by atoms with E-state index in [1.165, 1.54) is 0 Å². The van der Waals surface area contributed by atoms with Gasteiger partial charge in [-0.05, 0) is 36.2 Å². The van der Waals surface area contributed by atoms with Crippen molar-refractivity contribution >= 4 is 17.3 Å². The molecule has 0 spiro atoms. The summed E-state index contributed by atoms with van der Waals surface area (Å²) in [6.07, 6.45) is 0. The number of amides is 1. The average molecular weight is 359 g/mol. The van der Waals surface area contributed by atoms with Gasteiger partial charge in [0.05, 0.1) is 5.71 Å². The van der Waals surface area contributed by atoms with Gasteiger partial charge in [0, 0.05) is 11.3 Å². The zero-order valence-corrected chi connectivity index (χ0v) is 15.1. The van der Waals surface area contributed by atoms with Gasteiger partial charge in [0.15, 0.2) is 6.61 Å². The highest BCUT2D eigenvalue weighted by Crippen LogP contribution is 2.29. The van der Waals surface area contributed by atoms with Crippen molar-refractivity contribution in [2.75, 3.05) is 12.3 Å². The first kappa shape index (κ1) is 18.2. The number of nitrogen functional groups attached to an aromatic ring is 1. The lowest BCUT2D eigenvalue weighted by Crippen LogP contribution is -2.25. The summed E-state index contributed by atoms with van der Waals surface area (Å²) < 4.78 is 5.71. The number of hydrogen-bond acceptors (Lipinski definition) is 4. The molecule has 5 heteroatoms. The molecule has 0 aliphatic rings. The fourth-order valence-corrected chi connectivity index (χ4v) is 2.56. The molecule has 3 rings (SSSR count). The van der Waals surface area contributed by atoms with Crippen LogP contribution in [0.1, 0.15) is 12.5 Å². The van der Waals surface area contributed by atoms with Crippen LogP contribution in [0.3, 0.4) is 0 Å². The Morgan fingerprint density at radius 1 is 0.963 bits per heavy atom. The molecule has 3 aromatic rings. The Kier molecular flexibility index (Phi) is 5.84. The van der Waals surface area contributed by atoms with E-state index in [1.807, 2.05) is 73.7 Å². The summed E-state index contributed by atoms with van der Waals surface area (Å²) in [6.45, 7) is 1.69. The number of nitrogens with one attached hydrogen (secondary N) is 1. The minimum absolute atomic E-state index is 0.123. The summed E-state index contributed by atoms with van der Waals surface area (Å²) in [7, 11) is 0. The van der Waals surface area contributed by atoms with E-state index in [0.29, 0.717) is 17.1 Å². The Morgan fingerprint density at radius 2 is 1.63 bits per heavy atom. The molecule has 0 unspecified atom stereocenters. The highest BCUT2D eigenvalue weighted by atomic mass is 16.5. The van der Waals surface area contributed by atoms with Crippen LogP contribution in [-0.4, -0.2) is 18.2 Å². The van der Waals surface area contributed by atoms with Crippen molar-refractivity contribution in [2.24, 2.45) is 5.10 Å². The van der Waals surface area contributed by atoms with Gasteiger partial charge in [-0.2, -0.15) is 5.10 Å². The van der Waals surface area contributed by atoms with E-state index in [4.69, 9.17) is 10.5 Å². The summed E-state index contributed by atoms with van der Waals surface area (Å²) in [5, 5.41) is 4.11. The van der Waals surface area contributed by atoms with Gasteiger partial charge in [-0.1, -0.05) is 60.7 Å². The molecule has 0 fully saturated rings. The van der Waals surface area contributed by atoms with E-state index in [0.717, 1.165) is 16.7 Å². The molecule has 0 aliphatic carbocycles. The Balaban J connectivity index is 1.61. The maximum absolute atomic E-state index is 12.1. The number of nitrogens with zero attached hydrogens (tertiary/aromatic N) is 1. The SMILES string of the molecule is C/C(=N/NC(=O)COc1ccccc1-c1ccccc1)c1ccc(N)cc1. The second kappa shape index (κ2) is 8.67. The van der Waals surface area contributed by atoms with Crippen LogP contribution in [-0.2, 0) is 4.79 Å². The molecule has 3 N–H and O–H groups in total. The fourth-order valence-electron chi connectivity index (χ4n) is 2.56. The first-order valence-corrected chi connectivity index (χ1v) is 8.60. The Hall–Kier alpha value is -3.60. The molecule has 0 saturated heterocycles. The number of nitrogens with two attached hydrogens (primary N) is 1. The average Bonchev–Trinajstić information content (AvgIpc) is 2.72. The Bertz CT molecular complexity index is 935. The minimum Gasteiger partial charge on any atom is -0.483 e. The molecule has 136 valence electrons. The van der Waals surface area contributed by atoms with Crippen molar-refractivity contribution < 1.29 is 9.53 Å². The van der Waals surface area contributed by atoms with E-state index >= 15 is 0 Å². The smallest absolute Gasteiger partial charge is 0.277 e. The summed E-state index contributed by atoms with van der Waals surface area (Å²) in [5.41, 5.74) is 12.4. The molecule has 0 bridgehead atoms. The highest BCUT2D eigenvalue weighted by Gasteiger charge is 2.08. The van der Waals surface area contributed by atoms with Crippen LogP contribution in [0.15, 0.2) is 84.0 Å². The number of hydrazone groups is 1. The van der Waals surface area contributed by atoms with Gasteiger partial charge in [-0.3, -0.25) is 4.79 Å². The predicted molar refractivity (Wildman–Crippen MR) is 109 cm³/mol. The predicted octanol–water partition coefficient (Wildman–Crippen LogP) is 3.86. The minimum atomic E-state index is -0.326. The topological polar surface area (TPSA) is 76.7 Å². The van der Waals surface area contributed by atoms with Gasteiger partial charge in [0.25, 0.3) is 5.91 Å². The number of para-hydroxylation sites is 1. The second-order valence-electron chi connectivity index (χ2n) is 6.01. The lowest BCUT2D eigenvalue weighted by atomic mass is 10.1. The molecule has 0 radical (unpaired) electrons. The monoisotopic (exact) mass is 359 g/mol. The summed E-state index contributed by atoms with van der Waals surface area (Å²) in [4.78, 5) is 12.1.